The lowest BCUT2D eigenvalue weighted by Gasteiger charge is -2.47. The zero-order chi connectivity index (χ0) is 14.4. The zero-order valence-electron chi connectivity index (χ0n) is 11.9. The van der Waals surface area contributed by atoms with Gasteiger partial charge in [0.05, 0.1) is 5.51 Å². The Hall–Kier alpha value is -1.43. The lowest BCUT2D eigenvalue weighted by Crippen LogP contribution is -2.57. The van der Waals surface area contributed by atoms with Crippen molar-refractivity contribution in [3.63, 3.8) is 0 Å². The van der Waals surface area contributed by atoms with Crippen molar-refractivity contribution in [2.45, 2.75) is 44.2 Å². The number of piperidine rings is 2. The number of thiazole rings is 1. The fraction of sp³-hybridized carbons (Fsp3) is 0.667. The zero-order valence-corrected chi connectivity index (χ0v) is 12.7. The number of hydrogen-bond donors (Lipinski definition) is 0. The van der Waals surface area contributed by atoms with Crippen LogP contribution in [-0.4, -0.2) is 51.8 Å². The highest BCUT2D eigenvalue weighted by atomic mass is 32.1. The van der Waals surface area contributed by atoms with E-state index in [0.29, 0.717) is 36.0 Å². The number of fused-ring (bicyclic) bond motifs is 1. The van der Waals surface area contributed by atoms with Gasteiger partial charge in [-0.1, -0.05) is 0 Å². The number of likely N-dealkylation sites (tertiary alicyclic amines) is 2. The highest BCUT2D eigenvalue weighted by Crippen LogP contribution is 2.39. The van der Waals surface area contributed by atoms with Gasteiger partial charge in [-0.05, 0) is 31.6 Å². The molecule has 0 radical (unpaired) electrons. The van der Waals surface area contributed by atoms with Crippen LogP contribution in [0.15, 0.2) is 10.9 Å². The SMILES string of the molecule is O=C(c1cscn1)N1CC[C@@H]2[C@@H](CCC(=O)N2C2CC2)C1. The van der Waals surface area contributed by atoms with Crippen LogP contribution < -0.4 is 0 Å². The van der Waals surface area contributed by atoms with E-state index >= 15 is 0 Å². The molecule has 3 aliphatic rings. The third-order valence-corrected chi connectivity index (χ3v) is 5.53. The van der Waals surface area contributed by atoms with Crippen LogP contribution in [-0.2, 0) is 4.79 Å². The average Bonchev–Trinajstić information content (AvgIpc) is 3.18. The molecular formula is C15H19N3O2S. The van der Waals surface area contributed by atoms with Gasteiger partial charge in [0.2, 0.25) is 5.91 Å². The molecule has 0 unspecified atom stereocenters. The second-order valence-electron chi connectivity index (χ2n) is 6.31. The Kier molecular flexibility index (Phi) is 3.21. The van der Waals surface area contributed by atoms with Crippen LogP contribution >= 0.6 is 11.3 Å². The molecule has 0 spiro atoms. The maximum Gasteiger partial charge on any atom is 0.273 e. The summed E-state index contributed by atoms with van der Waals surface area (Å²) in [5, 5.41) is 1.81. The summed E-state index contributed by atoms with van der Waals surface area (Å²) in [5.74, 6) is 0.822. The van der Waals surface area contributed by atoms with Gasteiger partial charge in [-0.3, -0.25) is 9.59 Å². The van der Waals surface area contributed by atoms with Crippen molar-refractivity contribution >= 4 is 23.2 Å². The fourth-order valence-electron chi connectivity index (χ4n) is 3.78. The quantitative estimate of drug-likeness (QED) is 0.836. The first-order valence-corrected chi connectivity index (χ1v) is 8.67. The van der Waals surface area contributed by atoms with Gasteiger partial charge < -0.3 is 9.80 Å². The first-order chi connectivity index (χ1) is 10.2. The molecule has 2 amide bonds. The molecule has 0 N–H and O–H groups in total. The number of aromatic nitrogens is 1. The molecule has 1 aromatic heterocycles. The highest BCUT2D eigenvalue weighted by molar-refractivity contribution is 7.07. The van der Waals surface area contributed by atoms with Crippen molar-refractivity contribution < 1.29 is 9.59 Å². The third kappa shape index (κ3) is 2.35. The Labute approximate surface area is 127 Å². The smallest absolute Gasteiger partial charge is 0.273 e. The summed E-state index contributed by atoms with van der Waals surface area (Å²) in [5.41, 5.74) is 2.26. The van der Waals surface area contributed by atoms with Crippen molar-refractivity contribution in [2.24, 2.45) is 5.92 Å². The molecule has 0 bridgehead atoms. The van der Waals surface area contributed by atoms with Gasteiger partial charge in [0.25, 0.3) is 5.91 Å². The lowest BCUT2D eigenvalue weighted by molar-refractivity contribution is -0.141. The predicted molar refractivity (Wildman–Crippen MR) is 79.0 cm³/mol. The van der Waals surface area contributed by atoms with Crippen LogP contribution in [0.3, 0.4) is 0 Å². The second kappa shape index (κ2) is 5.09. The first-order valence-electron chi connectivity index (χ1n) is 7.72. The number of carbonyl (C=O) groups excluding carboxylic acids is 2. The minimum atomic E-state index is 0.0459. The van der Waals surface area contributed by atoms with Gasteiger partial charge in [0.1, 0.15) is 5.69 Å². The number of hydrogen-bond acceptors (Lipinski definition) is 4. The van der Waals surface area contributed by atoms with Crippen LogP contribution in [0, 0.1) is 5.92 Å². The predicted octanol–water partition coefficient (Wildman–Crippen LogP) is 1.76. The van der Waals surface area contributed by atoms with Crippen molar-refractivity contribution in [3.8, 4) is 0 Å². The molecule has 112 valence electrons. The molecule has 1 aromatic rings. The van der Waals surface area contributed by atoms with Crippen LogP contribution in [0.25, 0.3) is 0 Å². The standard InChI is InChI=1S/C15H19N3O2S/c19-14-4-1-10-7-17(15(20)12-8-21-9-16-12)6-5-13(10)18(14)11-2-3-11/h8-11,13H,1-7H2/t10-,13+/m0/s1. The molecule has 3 fully saturated rings. The molecule has 1 aliphatic carbocycles. The largest absolute Gasteiger partial charge is 0.337 e. The molecule has 2 saturated heterocycles. The van der Waals surface area contributed by atoms with Gasteiger partial charge in [-0.2, -0.15) is 0 Å². The molecule has 3 heterocycles. The van der Waals surface area contributed by atoms with Crippen molar-refractivity contribution in [1.29, 1.82) is 0 Å². The minimum absolute atomic E-state index is 0.0459. The maximum atomic E-state index is 12.4. The molecule has 6 heteroatoms. The number of amides is 2. The molecule has 2 atom stereocenters. The van der Waals surface area contributed by atoms with E-state index in [2.05, 4.69) is 9.88 Å². The molecule has 2 aliphatic heterocycles. The third-order valence-electron chi connectivity index (χ3n) is 4.95. The monoisotopic (exact) mass is 305 g/mol. The van der Waals surface area contributed by atoms with E-state index in [1.807, 2.05) is 10.3 Å². The highest BCUT2D eigenvalue weighted by Gasteiger charge is 2.45. The molecule has 4 rings (SSSR count). The van der Waals surface area contributed by atoms with Gasteiger partial charge in [-0.25, -0.2) is 4.98 Å². The van der Waals surface area contributed by atoms with E-state index in [9.17, 15) is 9.59 Å². The van der Waals surface area contributed by atoms with Gasteiger partial charge in [-0.15, -0.1) is 11.3 Å². The Morgan fingerprint density at radius 1 is 1.29 bits per heavy atom. The van der Waals surface area contributed by atoms with Crippen molar-refractivity contribution in [3.05, 3.63) is 16.6 Å². The lowest BCUT2D eigenvalue weighted by atomic mass is 9.83. The average molecular weight is 305 g/mol. The molecule has 0 aromatic carbocycles. The number of nitrogens with zero attached hydrogens (tertiary/aromatic N) is 3. The van der Waals surface area contributed by atoms with E-state index in [0.717, 1.165) is 38.8 Å². The summed E-state index contributed by atoms with van der Waals surface area (Å²) < 4.78 is 0. The van der Waals surface area contributed by atoms with Gasteiger partial charge in [0, 0.05) is 37.0 Å². The molecular weight excluding hydrogens is 286 g/mol. The van der Waals surface area contributed by atoms with Crippen LogP contribution in [0.5, 0.6) is 0 Å². The van der Waals surface area contributed by atoms with Crippen LogP contribution in [0.2, 0.25) is 0 Å². The Morgan fingerprint density at radius 2 is 2.14 bits per heavy atom. The first kappa shape index (κ1) is 13.2. The van der Waals surface area contributed by atoms with Gasteiger partial charge >= 0.3 is 0 Å². The number of carbonyl (C=O) groups is 2. The van der Waals surface area contributed by atoms with E-state index in [4.69, 9.17) is 0 Å². The van der Waals surface area contributed by atoms with Crippen LogP contribution in [0.1, 0.15) is 42.6 Å². The van der Waals surface area contributed by atoms with Crippen molar-refractivity contribution in [2.75, 3.05) is 13.1 Å². The molecule has 1 saturated carbocycles. The van der Waals surface area contributed by atoms with Crippen molar-refractivity contribution in [1.82, 2.24) is 14.8 Å². The minimum Gasteiger partial charge on any atom is -0.337 e. The summed E-state index contributed by atoms with van der Waals surface area (Å²) in [6.45, 7) is 1.52. The molecule has 21 heavy (non-hydrogen) atoms. The van der Waals surface area contributed by atoms with E-state index in [-0.39, 0.29) is 5.91 Å². The summed E-state index contributed by atoms with van der Waals surface area (Å²) in [7, 11) is 0. The number of rotatable bonds is 2. The normalized spacial score (nSPS) is 29.4. The van der Waals surface area contributed by atoms with E-state index in [1.165, 1.54) is 11.3 Å². The topological polar surface area (TPSA) is 53.5 Å². The Balaban J connectivity index is 1.48. The summed E-state index contributed by atoms with van der Waals surface area (Å²) >= 11 is 1.46. The summed E-state index contributed by atoms with van der Waals surface area (Å²) in [6, 6.07) is 0.851. The van der Waals surface area contributed by atoms with Crippen LogP contribution in [0.4, 0.5) is 0 Å². The van der Waals surface area contributed by atoms with Gasteiger partial charge in [0.15, 0.2) is 0 Å². The second-order valence-corrected chi connectivity index (χ2v) is 7.03. The Bertz CT molecular complexity index is 555. The fourth-order valence-corrected chi connectivity index (χ4v) is 4.31. The maximum absolute atomic E-state index is 12.4. The van der Waals surface area contributed by atoms with E-state index in [1.54, 1.807) is 5.51 Å². The molecule has 5 nitrogen and oxygen atoms in total. The Morgan fingerprint density at radius 3 is 2.86 bits per heavy atom. The van der Waals surface area contributed by atoms with E-state index < -0.39 is 0 Å². The summed E-state index contributed by atoms with van der Waals surface area (Å²) in [6.07, 6.45) is 4.82. The summed E-state index contributed by atoms with van der Waals surface area (Å²) in [4.78, 5) is 32.8.